The van der Waals surface area contributed by atoms with Crippen molar-refractivity contribution in [1.82, 2.24) is 0 Å². The van der Waals surface area contributed by atoms with Crippen LogP contribution in [0.25, 0.3) is 0 Å². The second-order valence-electron chi connectivity index (χ2n) is 6.69. The van der Waals surface area contributed by atoms with Crippen LogP contribution in [-0.2, 0) is 4.74 Å². The predicted octanol–water partition coefficient (Wildman–Crippen LogP) is 5.35. The van der Waals surface area contributed by atoms with Crippen LogP contribution in [0.5, 0.6) is 5.75 Å². The van der Waals surface area contributed by atoms with Crippen molar-refractivity contribution < 1.29 is 18.7 Å². The Labute approximate surface area is 148 Å². The second-order valence-corrected chi connectivity index (χ2v) is 6.69. The van der Waals surface area contributed by atoms with Gasteiger partial charge in [0.1, 0.15) is 17.1 Å². The maximum atomic E-state index is 12.6. The quantitative estimate of drug-likeness (QED) is 0.734. The number of carbonyl (C=O) groups excluding carboxylic acids is 1. The van der Waals surface area contributed by atoms with Crippen molar-refractivity contribution in [1.29, 1.82) is 0 Å². The number of hydrogen-bond acceptors (Lipinski definition) is 4. The molecule has 1 aromatic carbocycles. The van der Waals surface area contributed by atoms with Crippen LogP contribution < -0.4 is 9.64 Å². The minimum Gasteiger partial charge on any atom is -0.497 e. The fourth-order valence-corrected chi connectivity index (χ4v) is 2.17. The molecule has 1 amide bonds. The van der Waals surface area contributed by atoms with Gasteiger partial charge in [-0.25, -0.2) is 4.79 Å². The third-order valence-electron chi connectivity index (χ3n) is 3.46. The normalized spacial score (nSPS) is 12.8. The van der Waals surface area contributed by atoms with E-state index in [1.165, 1.54) is 4.90 Å². The van der Waals surface area contributed by atoms with Crippen molar-refractivity contribution in [3.63, 3.8) is 0 Å². The average molecular weight is 343 g/mol. The van der Waals surface area contributed by atoms with E-state index in [-0.39, 0.29) is 5.92 Å². The molecule has 5 nitrogen and oxygen atoms in total. The summed E-state index contributed by atoms with van der Waals surface area (Å²) in [5.41, 5.74) is 0.111. The monoisotopic (exact) mass is 343 g/mol. The molecular weight excluding hydrogens is 318 g/mol. The highest BCUT2D eigenvalue weighted by molar-refractivity contribution is 5.90. The molecule has 1 atom stereocenters. The van der Waals surface area contributed by atoms with Crippen molar-refractivity contribution in [3.05, 3.63) is 60.7 Å². The first-order valence-corrected chi connectivity index (χ1v) is 8.18. The van der Waals surface area contributed by atoms with Crippen molar-refractivity contribution in [2.75, 3.05) is 12.0 Å². The Bertz CT molecular complexity index is 696. The molecule has 2 rings (SSSR count). The number of furan rings is 1. The Balaban J connectivity index is 2.25. The van der Waals surface area contributed by atoms with Crippen molar-refractivity contribution in [2.24, 2.45) is 0 Å². The number of benzene rings is 1. The molecule has 2 aromatic rings. The van der Waals surface area contributed by atoms with Crippen LogP contribution in [0.15, 0.2) is 59.4 Å². The van der Waals surface area contributed by atoms with E-state index in [1.807, 2.05) is 58.0 Å². The van der Waals surface area contributed by atoms with E-state index in [0.29, 0.717) is 5.69 Å². The lowest BCUT2D eigenvalue weighted by Gasteiger charge is -2.25. The Hall–Kier alpha value is -2.69. The molecule has 0 radical (unpaired) electrons. The van der Waals surface area contributed by atoms with Gasteiger partial charge in [0.2, 0.25) is 0 Å². The molecule has 134 valence electrons. The third-order valence-corrected chi connectivity index (χ3v) is 3.46. The summed E-state index contributed by atoms with van der Waals surface area (Å²) in [6, 6.07) is 11.0. The maximum absolute atomic E-state index is 12.6. The van der Waals surface area contributed by atoms with Crippen molar-refractivity contribution in [3.8, 4) is 5.75 Å². The number of rotatable bonds is 5. The first-order valence-electron chi connectivity index (χ1n) is 8.18. The molecule has 0 N–H and O–H groups in total. The molecular formula is C20H25NO4. The Morgan fingerprint density at radius 1 is 1.20 bits per heavy atom. The number of hydrogen-bond donors (Lipinski definition) is 0. The molecule has 1 aromatic heterocycles. The van der Waals surface area contributed by atoms with Gasteiger partial charge in [-0.2, -0.15) is 0 Å². The molecule has 0 bridgehead atoms. The Kier molecular flexibility index (Phi) is 5.91. The molecule has 0 spiro atoms. The second kappa shape index (κ2) is 7.92. The number of amides is 1. The van der Waals surface area contributed by atoms with Gasteiger partial charge in [0, 0.05) is 12.1 Å². The summed E-state index contributed by atoms with van der Waals surface area (Å²) < 4.78 is 16.1. The number of methoxy groups -OCH3 is 1. The van der Waals surface area contributed by atoms with Gasteiger partial charge < -0.3 is 13.9 Å². The van der Waals surface area contributed by atoms with Crippen LogP contribution in [0.3, 0.4) is 0 Å². The molecule has 0 aliphatic rings. The first-order chi connectivity index (χ1) is 11.8. The average Bonchev–Trinajstić information content (AvgIpc) is 3.08. The van der Waals surface area contributed by atoms with E-state index < -0.39 is 11.7 Å². The predicted molar refractivity (Wildman–Crippen MR) is 98.0 cm³/mol. The summed E-state index contributed by atoms with van der Waals surface area (Å²) in [6.45, 7) is 7.52. The van der Waals surface area contributed by atoms with E-state index in [1.54, 1.807) is 31.7 Å². The van der Waals surface area contributed by atoms with E-state index in [9.17, 15) is 4.79 Å². The van der Waals surface area contributed by atoms with Crippen LogP contribution in [-0.4, -0.2) is 18.8 Å². The fraction of sp³-hybridized carbons (Fsp3) is 0.350. The molecule has 5 heteroatoms. The lowest BCUT2D eigenvalue weighted by molar-refractivity contribution is 0.0596. The van der Waals surface area contributed by atoms with E-state index in [0.717, 1.165) is 11.5 Å². The smallest absolute Gasteiger partial charge is 0.418 e. The highest BCUT2D eigenvalue weighted by Crippen LogP contribution is 2.24. The van der Waals surface area contributed by atoms with Crippen LogP contribution in [0.4, 0.5) is 10.5 Å². The van der Waals surface area contributed by atoms with E-state index >= 15 is 0 Å². The summed E-state index contributed by atoms with van der Waals surface area (Å²) in [5, 5.41) is 0. The molecule has 0 fully saturated rings. The van der Waals surface area contributed by atoms with Gasteiger partial charge in [-0.1, -0.05) is 13.0 Å². The van der Waals surface area contributed by atoms with Crippen molar-refractivity contribution >= 4 is 11.8 Å². The summed E-state index contributed by atoms with van der Waals surface area (Å²) in [7, 11) is 1.60. The fourth-order valence-electron chi connectivity index (χ4n) is 2.17. The molecule has 0 unspecified atom stereocenters. The summed E-state index contributed by atoms with van der Waals surface area (Å²) in [4.78, 5) is 14.1. The highest BCUT2D eigenvalue weighted by atomic mass is 16.6. The molecule has 0 saturated carbocycles. The van der Waals surface area contributed by atoms with Crippen LogP contribution in [0, 0.1) is 0 Å². The van der Waals surface area contributed by atoms with Crippen LogP contribution in [0.2, 0.25) is 0 Å². The number of ether oxygens (including phenoxy) is 2. The first kappa shape index (κ1) is 18.6. The molecule has 25 heavy (non-hydrogen) atoms. The largest absolute Gasteiger partial charge is 0.497 e. The molecule has 0 saturated heterocycles. The molecule has 0 aliphatic carbocycles. The zero-order valence-electron chi connectivity index (χ0n) is 15.4. The molecule has 1 heterocycles. The van der Waals surface area contributed by atoms with E-state index in [2.05, 4.69) is 0 Å². The Morgan fingerprint density at radius 3 is 2.40 bits per heavy atom. The SMILES string of the molecule is COc1ccc(N(/C=C\[C@H](C)c2ccco2)C(=O)OC(C)(C)C)cc1. The van der Waals surface area contributed by atoms with Crippen LogP contribution >= 0.6 is 0 Å². The third kappa shape index (κ3) is 5.41. The number of carbonyl (C=O) groups is 1. The topological polar surface area (TPSA) is 51.9 Å². The number of allylic oxidation sites excluding steroid dienone is 1. The maximum Gasteiger partial charge on any atom is 0.418 e. The van der Waals surface area contributed by atoms with Gasteiger partial charge in [-0.05, 0) is 57.2 Å². The minimum absolute atomic E-state index is 0.0261. The zero-order valence-corrected chi connectivity index (χ0v) is 15.4. The number of nitrogens with zero attached hydrogens (tertiary/aromatic N) is 1. The lowest BCUT2D eigenvalue weighted by Crippen LogP contribution is -2.33. The van der Waals surface area contributed by atoms with Gasteiger partial charge in [-0.3, -0.25) is 4.90 Å². The molecule has 0 aliphatic heterocycles. The van der Waals surface area contributed by atoms with Gasteiger partial charge in [0.05, 0.1) is 19.1 Å². The summed E-state index contributed by atoms with van der Waals surface area (Å²) in [5.74, 6) is 1.58. The highest BCUT2D eigenvalue weighted by Gasteiger charge is 2.22. The standard InChI is InChI=1S/C20H25NO4/c1-15(18-7-6-14-24-18)12-13-21(19(22)25-20(2,3)4)16-8-10-17(23-5)11-9-16/h6-15H,1-5H3/b13-12-/t15-/m0/s1. The summed E-state index contributed by atoms with van der Waals surface area (Å²) in [6.07, 6.45) is 4.80. The van der Waals surface area contributed by atoms with Gasteiger partial charge in [-0.15, -0.1) is 0 Å². The van der Waals surface area contributed by atoms with Crippen LogP contribution in [0.1, 0.15) is 39.4 Å². The van der Waals surface area contributed by atoms with Gasteiger partial charge in [0.15, 0.2) is 0 Å². The number of anilines is 1. The van der Waals surface area contributed by atoms with Gasteiger partial charge >= 0.3 is 6.09 Å². The minimum atomic E-state index is -0.581. The zero-order chi connectivity index (χ0) is 18.4. The summed E-state index contributed by atoms with van der Waals surface area (Å²) >= 11 is 0. The Morgan fingerprint density at radius 2 is 1.88 bits per heavy atom. The van der Waals surface area contributed by atoms with Gasteiger partial charge in [0.25, 0.3) is 0 Å². The van der Waals surface area contributed by atoms with E-state index in [4.69, 9.17) is 13.9 Å². The van der Waals surface area contributed by atoms with Crippen molar-refractivity contribution in [2.45, 2.75) is 39.2 Å². The lowest BCUT2D eigenvalue weighted by atomic mass is 10.1.